The van der Waals surface area contributed by atoms with Crippen molar-refractivity contribution in [3.8, 4) is 11.1 Å². The quantitative estimate of drug-likeness (QED) is 0.896. The molecule has 0 aromatic heterocycles. The number of hydrogen-bond acceptors (Lipinski definition) is 2. The molecule has 1 aliphatic rings. The first-order valence-electron chi connectivity index (χ1n) is 7.40. The van der Waals surface area contributed by atoms with Gasteiger partial charge in [-0.05, 0) is 35.2 Å². The molecule has 0 saturated carbocycles. The number of rotatable bonds is 5. The third-order valence-electron chi connectivity index (χ3n) is 4.06. The largest absolute Gasteiger partial charge is 0.395 e. The van der Waals surface area contributed by atoms with Crippen molar-refractivity contribution in [3.63, 3.8) is 0 Å². The summed E-state index contributed by atoms with van der Waals surface area (Å²) in [5.74, 6) is 0. The van der Waals surface area contributed by atoms with Gasteiger partial charge in [-0.25, -0.2) is 0 Å². The highest BCUT2D eigenvalue weighted by Crippen LogP contribution is 2.45. The van der Waals surface area contributed by atoms with Gasteiger partial charge in [-0.15, -0.1) is 0 Å². The minimum atomic E-state index is 0.209. The topological polar surface area (TPSA) is 23.5 Å². The van der Waals surface area contributed by atoms with Crippen LogP contribution in [0.4, 0.5) is 0 Å². The number of aliphatic hydroxyl groups is 1. The third kappa shape index (κ3) is 2.15. The van der Waals surface area contributed by atoms with E-state index in [9.17, 15) is 5.11 Å². The van der Waals surface area contributed by atoms with Crippen molar-refractivity contribution in [2.24, 2.45) is 0 Å². The normalized spacial score (nSPS) is 13.6. The maximum absolute atomic E-state index is 9.38. The summed E-state index contributed by atoms with van der Waals surface area (Å²) in [6.45, 7) is 4.13. The Kier molecular flexibility index (Phi) is 3.86. The zero-order valence-electron chi connectivity index (χ0n) is 11.9. The van der Waals surface area contributed by atoms with Crippen LogP contribution >= 0.6 is 0 Å². The van der Waals surface area contributed by atoms with Gasteiger partial charge in [-0.3, -0.25) is 4.90 Å². The third-order valence-corrected chi connectivity index (χ3v) is 4.06. The average Bonchev–Trinajstić information content (AvgIpc) is 2.82. The van der Waals surface area contributed by atoms with E-state index in [1.807, 2.05) is 0 Å². The fourth-order valence-electron chi connectivity index (χ4n) is 3.31. The first kappa shape index (κ1) is 13.3. The van der Waals surface area contributed by atoms with Gasteiger partial charge < -0.3 is 5.11 Å². The number of benzene rings is 2. The zero-order valence-corrected chi connectivity index (χ0v) is 11.9. The first-order chi connectivity index (χ1) is 9.86. The lowest BCUT2D eigenvalue weighted by Crippen LogP contribution is -2.31. The van der Waals surface area contributed by atoms with Crippen LogP contribution in [0.3, 0.4) is 0 Å². The van der Waals surface area contributed by atoms with Gasteiger partial charge in [0.2, 0.25) is 0 Å². The standard InChI is InChI=1S/C18H21NO/c1-2-11-19(12-13-20)18-16-9-5-3-7-14(16)15-8-4-6-10-17(15)18/h3-10,18,20H,2,11-13H2,1H3. The molecule has 2 aromatic rings. The van der Waals surface area contributed by atoms with Crippen molar-refractivity contribution < 1.29 is 5.11 Å². The number of hydrogen-bond donors (Lipinski definition) is 1. The van der Waals surface area contributed by atoms with Crippen LogP contribution in [0.2, 0.25) is 0 Å². The lowest BCUT2D eigenvalue weighted by atomic mass is 10.0. The highest BCUT2D eigenvalue weighted by atomic mass is 16.3. The smallest absolute Gasteiger partial charge is 0.0614 e. The Morgan fingerprint density at radius 3 is 1.95 bits per heavy atom. The van der Waals surface area contributed by atoms with E-state index in [-0.39, 0.29) is 12.6 Å². The van der Waals surface area contributed by atoms with Crippen LogP contribution in [0.25, 0.3) is 11.1 Å². The molecule has 0 spiro atoms. The van der Waals surface area contributed by atoms with Gasteiger partial charge in [0.1, 0.15) is 0 Å². The molecular formula is C18H21NO. The van der Waals surface area contributed by atoms with Gasteiger partial charge in [0, 0.05) is 6.54 Å². The van der Waals surface area contributed by atoms with Crippen molar-refractivity contribution in [1.82, 2.24) is 4.90 Å². The highest BCUT2D eigenvalue weighted by Gasteiger charge is 2.31. The minimum Gasteiger partial charge on any atom is -0.395 e. The maximum Gasteiger partial charge on any atom is 0.0614 e. The molecule has 0 fully saturated rings. The Morgan fingerprint density at radius 2 is 1.45 bits per heavy atom. The molecule has 0 atom stereocenters. The Balaban J connectivity index is 2.10. The van der Waals surface area contributed by atoms with E-state index in [0.717, 1.165) is 19.5 Å². The summed E-state index contributed by atoms with van der Waals surface area (Å²) in [5.41, 5.74) is 5.42. The van der Waals surface area contributed by atoms with E-state index in [0.29, 0.717) is 0 Å². The summed E-state index contributed by atoms with van der Waals surface area (Å²) < 4.78 is 0. The molecule has 0 amide bonds. The van der Waals surface area contributed by atoms with Crippen LogP contribution in [-0.2, 0) is 0 Å². The Labute approximate surface area is 120 Å². The molecule has 2 nitrogen and oxygen atoms in total. The van der Waals surface area contributed by atoms with E-state index < -0.39 is 0 Å². The van der Waals surface area contributed by atoms with Gasteiger partial charge in [0.25, 0.3) is 0 Å². The van der Waals surface area contributed by atoms with Crippen molar-refractivity contribution in [2.75, 3.05) is 19.7 Å². The monoisotopic (exact) mass is 267 g/mol. The van der Waals surface area contributed by atoms with Gasteiger partial charge in [-0.1, -0.05) is 55.5 Å². The SMILES string of the molecule is CCCN(CCO)C1c2ccccc2-c2ccccc21. The van der Waals surface area contributed by atoms with E-state index in [1.165, 1.54) is 22.3 Å². The molecule has 0 heterocycles. The second-order valence-electron chi connectivity index (χ2n) is 5.34. The van der Waals surface area contributed by atoms with Crippen molar-refractivity contribution in [1.29, 1.82) is 0 Å². The van der Waals surface area contributed by atoms with E-state index in [1.54, 1.807) is 0 Å². The summed E-state index contributed by atoms with van der Waals surface area (Å²) in [6, 6.07) is 17.6. The molecular weight excluding hydrogens is 246 g/mol. The molecule has 0 radical (unpaired) electrons. The lowest BCUT2D eigenvalue weighted by Gasteiger charge is -2.29. The number of nitrogens with zero attached hydrogens (tertiary/aromatic N) is 1. The summed E-state index contributed by atoms with van der Waals surface area (Å²) in [4.78, 5) is 2.39. The summed E-state index contributed by atoms with van der Waals surface area (Å²) >= 11 is 0. The molecule has 2 heteroatoms. The van der Waals surface area contributed by atoms with Crippen LogP contribution in [0.5, 0.6) is 0 Å². The number of fused-ring (bicyclic) bond motifs is 3. The highest BCUT2D eigenvalue weighted by molar-refractivity contribution is 5.78. The fourth-order valence-corrected chi connectivity index (χ4v) is 3.31. The minimum absolute atomic E-state index is 0.209. The van der Waals surface area contributed by atoms with Gasteiger partial charge >= 0.3 is 0 Å². The molecule has 1 N–H and O–H groups in total. The zero-order chi connectivity index (χ0) is 13.9. The van der Waals surface area contributed by atoms with Gasteiger partial charge in [0.05, 0.1) is 12.6 Å². The molecule has 20 heavy (non-hydrogen) atoms. The van der Waals surface area contributed by atoms with E-state index in [4.69, 9.17) is 0 Å². The predicted octanol–water partition coefficient (Wildman–Crippen LogP) is 3.46. The Hall–Kier alpha value is -1.64. The summed E-state index contributed by atoms with van der Waals surface area (Å²) in [6.07, 6.45) is 1.10. The first-order valence-corrected chi connectivity index (χ1v) is 7.40. The second kappa shape index (κ2) is 5.78. The Morgan fingerprint density at radius 1 is 0.900 bits per heavy atom. The lowest BCUT2D eigenvalue weighted by molar-refractivity contribution is 0.169. The van der Waals surface area contributed by atoms with E-state index in [2.05, 4.69) is 60.4 Å². The summed E-state index contributed by atoms with van der Waals surface area (Å²) in [7, 11) is 0. The molecule has 1 aliphatic carbocycles. The molecule has 3 rings (SSSR count). The molecule has 0 aliphatic heterocycles. The molecule has 0 saturated heterocycles. The molecule has 0 unspecified atom stereocenters. The van der Waals surface area contributed by atoms with Gasteiger partial charge in [0.15, 0.2) is 0 Å². The van der Waals surface area contributed by atoms with E-state index >= 15 is 0 Å². The summed E-state index contributed by atoms with van der Waals surface area (Å²) in [5, 5.41) is 9.38. The molecule has 2 aromatic carbocycles. The molecule has 0 bridgehead atoms. The maximum atomic E-state index is 9.38. The Bertz CT molecular complexity index is 542. The predicted molar refractivity (Wildman–Crippen MR) is 82.7 cm³/mol. The van der Waals surface area contributed by atoms with Gasteiger partial charge in [-0.2, -0.15) is 0 Å². The molecule has 104 valence electrons. The van der Waals surface area contributed by atoms with Crippen LogP contribution in [0.15, 0.2) is 48.5 Å². The van der Waals surface area contributed by atoms with Crippen molar-refractivity contribution in [3.05, 3.63) is 59.7 Å². The van der Waals surface area contributed by atoms with Crippen molar-refractivity contribution >= 4 is 0 Å². The van der Waals surface area contributed by atoms with Crippen LogP contribution < -0.4 is 0 Å². The van der Waals surface area contributed by atoms with Crippen molar-refractivity contribution in [2.45, 2.75) is 19.4 Å². The van der Waals surface area contributed by atoms with Crippen LogP contribution in [0, 0.1) is 0 Å². The van der Waals surface area contributed by atoms with Crippen LogP contribution in [0.1, 0.15) is 30.5 Å². The second-order valence-corrected chi connectivity index (χ2v) is 5.34. The van der Waals surface area contributed by atoms with Crippen LogP contribution in [-0.4, -0.2) is 29.7 Å². The fraction of sp³-hybridized carbons (Fsp3) is 0.333. The average molecular weight is 267 g/mol. The number of aliphatic hydroxyl groups excluding tert-OH is 1.